The Morgan fingerprint density at radius 1 is 1.35 bits per heavy atom. The van der Waals surface area contributed by atoms with Crippen LogP contribution >= 0.6 is 11.6 Å². The molecule has 0 aliphatic carbocycles. The van der Waals surface area contributed by atoms with Crippen molar-refractivity contribution in [3.8, 4) is 6.01 Å². The van der Waals surface area contributed by atoms with E-state index in [9.17, 15) is 0 Å². The van der Waals surface area contributed by atoms with Gasteiger partial charge in [-0.15, -0.1) is 0 Å². The second kappa shape index (κ2) is 7.21. The second-order valence-electron chi connectivity index (χ2n) is 3.39. The van der Waals surface area contributed by atoms with E-state index in [0.29, 0.717) is 25.6 Å². The lowest BCUT2D eigenvalue weighted by atomic mass is 10.4. The summed E-state index contributed by atoms with van der Waals surface area (Å²) >= 11 is 5.68. The number of ether oxygens (including phenoxy) is 1. The molecule has 1 rings (SSSR count). The van der Waals surface area contributed by atoms with Crippen molar-refractivity contribution < 1.29 is 9.84 Å². The van der Waals surface area contributed by atoms with Gasteiger partial charge in [0, 0.05) is 19.6 Å². The van der Waals surface area contributed by atoms with E-state index < -0.39 is 0 Å². The highest BCUT2D eigenvalue weighted by atomic mass is 35.5. The molecular weight excluding hydrogens is 246 g/mol. The molecule has 0 radical (unpaired) electrons. The van der Waals surface area contributed by atoms with Crippen LogP contribution in [0, 0.1) is 0 Å². The molecule has 1 heterocycles. The molecule has 1 unspecified atom stereocenters. The molecule has 0 saturated heterocycles. The van der Waals surface area contributed by atoms with E-state index in [1.807, 2.05) is 0 Å². The molecule has 8 heteroatoms. The third kappa shape index (κ3) is 5.62. The molecule has 17 heavy (non-hydrogen) atoms. The van der Waals surface area contributed by atoms with Gasteiger partial charge in [0.1, 0.15) is 0 Å². The van der Waals surface area contributed by atoms with Crippen molar-refractivity contribution in [3.05, 3.63) is 5.28 Å². The van der Waals surface area contributed by atoms with E-state index in [4.69, 9.17) is 21.4 Å². The van der Waals surface area contributed by atoms with E-state index in [1.54, 1.807) is 6.92 Å². The summed E-state index contributed by atoms with van der Waals surface area (Å²) in [5, 5.41) is 15.1. The predicted molar refractivity (Wildman–Crippen MR) is 64.4 cm³/mol. The first kappa shape index (κ1) is 13.9. The van der Waals surface area contributed by atoms with Crippen LogP contribution in [-0.4, -0.2) is 52.9 Å². The van der Waals surface area contributed by atoms with Gasteiger partial charge in [-0.3, -0.25) is 0 Å². The Labute approximate surface area is 105 Å². The zero-order valence-corrected chi connectivity index (χ0v) is 10.5. The molecule has 7 nitrogen and oxygen atoms in total. The summed E-state index contributed by atoms with van der Waals surface area (Å²) in [7, 11) is 1.46. The van der Waals surface area contributed by atoms with E-state index >= 15 is 0 Å². The van der Waals surface area contributed by atoms with Crippen LogP contribution < -0.4 is 15.4 Å². The van der Waals surface area contributed by atoms with Gasteiger partial charge in [0.15, 0.2) is 0 Å². The summed E-state index contributed by atoms with van der Waals surface area (Å²) in [5.74, 6) is 0.362. The highest BCUT2D eigenvalue weighted by molar-refractivity contribution is 6.28. The van der Waals surface area contributed by atoms with E-state index in [0.717, 1.165) is 0 Å². The molecule has 0 amide bonds. The Kier molecular flexibility index (Phi) is 5.88. The van der Waals surface area contributed by atoms with Crippen LogP contribution in [0.3, 0.4) is 0 Å². The maximum absolute atomic E-state index is 9.02. The fourth-order valence-corrected chi connectivity index (χ4v) is 1.23. The maximum Gasteiger partial charge on any atom is 0.322 e. The zero-order chi connectivity index (χ0) is 12.7. The Morgan fingerprint density at radius 3 is 2.76 bits per heavy atom. The number of nitrogens with zero attached hydrogens (tertiary/aromatic N) is 3. The summed E-state index contributed by atoms with van der Waals surface area (Å²) in [6, 6.07) is 0.171. The zero-order valence-electron chi connectivity index (χ0n) is 9.77. The molecule has 1 aromatic rings. The maximum atomic E-state index is 9.02. The minimum Gasteiger partial charge on any atom is -0.467 e. The van der Waals surface area contributed by atoms with Crippen LogP contribution in [-0.2, 0) is 0 Å². The summed E-state index contributed by atoms with van der Waals surface area (Å²) < 4.78 is 4.86. The average Bonchev–Trinajstić information content (AvgIpc) is 2.27. The van der Waals surface area contributed by atoms with Gasteiger partial charge in [-0.1, -0.05) is 0 Å². The highest BCUT2D eigenvalue weighted by Gasteiger charge is 2.04. The smallest absolute Gasteiger partial charge is 0.322 e. The van der Waals surface area contributed by atoms with Crippen molar-refractivity contribution in [3.63, 3.8) is 0 Å². The first-order valence-electron chi connectivity index (χ1n) is 5.20. The predicted octanol–water partition coefficient (Wildman–Crippen LogP) is -0.0841. The van der Waals surface area contributed by atoms with Crippen LogP contribution in [0.4, 0.5) is 5.95 Å². The lowest BCUT2D eigenvalue weighted by Gasteiger charge is -2.08. The standard InChI is InChI=1S/C9H16ClN5O2/c1-6(16)5-11-3-4-12-8-13-7(10)14-9(15-8)17-2/h6,11,16H,3-5H2,1-2H3,(H,12,13,14,15). The van der Waals surface area contributed by atoms with Crippen LogP contribution in [0.25, 0.3) is 0 Å². The normalized spacial score (nSPS) is 12.2. The summed E-state index contributed by atoms with van der Waals surface area (Å²) in [6.45, 7) is 3.55. The monoisotopic (exact) mass is 261 g/mol. The van der Waals surface area contributed by atoms with Gasteiger partial charge in [0.25, 0.3) is 0 Å². The molecule has 0 bridgehead atoms. The summed E-state index contributed by atoms with van der Waals surface area (Å²) in [5.41, 5.74) is 0. The van der Waals surface area contributed by atoms with Gasteiger partial charge < -0.3 is 20.5 Å². The lowest BCUT2D eigenvalue weighted by Crippen LogP contribution is -2.29. The van der Waals surface area contributed by atoms with Gasteiger partial charge in [-0.25, -0.2) is 0 Å². The first-order valence-corrected chi connectivity index (χ1v) is 5.58. The fraction of sp³-hybridized carbons (Fsp3) is 0.667. The van der Waals surface area contributed by atoms with Crippen LogP contribution in [0.5, 0.6) is 6.01 Å². The Hall–Kier alpha value is -1.18. The van der Waals surface area contributed by atoms with Crippen molar-refractivity contribution in [2.45, 2.75) is 13.0 Å². The number of rotatable bonds is 7. The molecule has 0 spiro atoms. The number of aliphatic hydroxyl groups excluding tert-OH is 1. The quantitative estimate of drug-likeness (QED) is 0.591. The molecular formula is C9H16ClN5O2. The molecule has 0 saturated carbocycles. The van der Waals surface area contributed by atoms with Gasteiger partial charge in [0.05, 0.1) is 13.2 Å². The average molecular weight is 262 g/mol. The van der Waals surface area contributed by atoms with Gasteiger partial charge in [-0.05, 0) is 18.5 Å². The number of halogens is 1. The molecule has 0 aromatic carbocycles. The molecule has 0 fully saturated rings. The number of hydrogen-bond acceptors (Lipinski definition) is 7. The summed E-state index contributed by atoms with van der Waals surface area (Å²) in [4.78, 5) is 11.6. The van der Waals surface area contributed by atoms with Gasteiger partial charge in [0.2, 0.25) is 11.2 Å². The fourth-order valence-electron chi connectivity index (χ4n) is 1.08. The Bertz CT molecular complexity index is 350. The largest absolute Gasteiger partial charge is 0.467 e. The molecule has 96 valence electrons. The van der Waals surface area contributed by atoms with Crippen molar-refractivity contribution in [2.75, 3.05) is 32.1 Å². The summed E-state index contributed by atoms with van der Waals surface area (Å²) in [6.07, 6.45) is -0.360. The lowest BCUT2D eigenvalue weighted by molar-refractivity contribution is 0.192. The van der Waals surface area contributed by atoms with Crippen molar-refractivity contribution in [1.82, 2.24) is 20.3 Å². The Balaban J connectivity index is 2.33. The Morgan fingerprint density at radius 2 is 2.12 bits per heavy atom. The van der Waals surface area contributed by atoms with Crippen molar-refractivity contribution >= 4 is 17.5 Å². The van der Waals surface area contributed by atoms with Crippen LogP contribution in [0.1, 0.15) is 6.92 Å². The van der Waals surface area contributed by atoms with E-state index in [-0.39, 0.29) is 17.4 Å². The van der Waals surface area contributed by atoms with Gasteiger partial charge >= 0.3 is 6.01 Å². The molecule has 3 N–H and O–H groups in total. The number of nitrogens with one attached hydrogen (secondary N) is 2. The minimum atomic E-state index is -0.360. The number of hydrogen-bond donors (Lipinski definition) is 3. The topological polar surface area (TPSA) is 92.2 Å². The van der Waals surface area contributed by atoms with E-state index in [2.05, 4.69) is 25.6 Å². The molecule has 0 aliphatic rings. The number of aromatic nitrogens is 3. The third-order valence-corrected chi connectivity index (χ3v) is 1.96. The van der Waals surface area contributed by atoms with Crippen molar-refractivity contribution in [2.24, 2.45) is 0 Å². The second-order valence-corrected chi connectivity index (χ2v) is 3.73. The molecule has 1 aromatic heterocycles. The number of anilines is 1. The first-order chi connectivity index (χ1) is 8.11. The third-order valence-electron chi connectivity index (χ3n) is 1.79. The SMILES string of the molecule is COc1nc(Cl)nc(NCCNCC(C)O)n1. The minimum absolute atomic E-state index is 0.0799. The molecule has 1 atom stereocenters. The van der Waals surface area contributed by atoms with Crippen LogP contribution in [0.15, 0.2) is 0 Å². The molecule has 0 aliphatic heterocycles. The van der Waals surface area contributed by atoms with Crippen LogP contribution in [0.2, 0.25) is 5.28 Å². The number of methoxy groups -OCH3 is 1. The van der Waals surface area contributed by atoms with Gasteiger partial charge in [-0.2, -0.15) is 15.0 Å². The van der Waals surface area contributed by atoms with E-state index in [1.165, 1.54) is 7.11 Å². The highest BCUT2D eigenvalue weighted by Crippen LogP contribution is 2.09. The van der Waals surface area contributed by atoms with Crippen molar-refractivity contribution in [1.29, 1.82) is 0 Å². The number of aliphatic hydroxyl groups is 1.